The number of pyridine rings is 1. The molecule has 0 saturated heterocycles. The molecule has 2 fully saturated rings. The van der Waals surface area contributed by atoms with Gasteiger partial charge in [-0.1, -0.05) is 0 Å². The van der Waals surface area contributed by atoms with Crippen LogP contribution >= 0.6 is 0 Å². The number of likely N-dealkylation sites (N-methyl/N-ethyl adjacent to an activating group) is 1. The molecule has 0 spiro atoms. The van der Waals surface area contributed by atoms with E-state index in [-0.39, 0.29) is 0 Å². The third-order valence-electron chi connectivity index (χ3n) is 4.66. The lowest BCUT2D eigenvalue weighted by atomic mass is 10.1. The molecule has 0 unspecified atom stereocenters. The number of nitrogens with zero attached hydrogens (tertiary/aromatic N) is 2. The van der Waals surface area contributed by atoms with E-state index in [1.165, 1.54) is 31.2 Å². The van der Waals surface area contributed by atoms with Crippen molar-refractivity contribution in [1.29, 1.82) is 0 Å². The van der Waals surface area contributed by atoms with Crippen LogP contribution in [-0.2, 0) is 6.42 Å². The molecule has 0 radical (unpaired) electrons. The highest BCUT2D eigenvalue weighted by Gasteiger charge is 2.40. The molecule has 2 aliphatic rings. The molecule has 2 aliphatic carbocycles. The average Bonchev–Trinajstić information content (AvgIpc) is 3.36. The molecule has 0 aromatic carbocycles. The Kier molecular flexibility index (Phi) is 4.69. The predicted molar refractivity (Wildman–Crippen MR) is 82.7 cm³/mol. The van der Waals surface area contributed by atoms with Gasteiger partial charge < -0.3 is 10.2 Å². The summed E-state index contributed by atoms with van der Waals surface area (Å²) in [5.74, 6) is 2.01. The molecule has 3 heteroatoms. The van der Waals surface area contributed by atoms with Crippen molar-refractivity contribution in [3.8, 4) is 0 Å². The van der Waals surface area contributed by atoms with Crippen LogP contribution < -0.4 is 5.32 Å². The fourth-order valence-electron chi connectivity index (χ4n) is 3.03. The quantitative estimate of drug-likeness (QED) is 0.748. The second-order valence-electron chi connectivity index (χ2n) is 6.56. The molecule has 3 nitrogen and oxygen atoms in total. The van der Waals surface area contributed by atoms with Gasteiger partial charge in [-0.15, -0.1) is 0 Å². The maximum Gasteiger partial charge on any atom is 0.0270 e. The van der Waals surface area contributed by atoms with Gasteiger partial charge in [0.15, 0.2) is 0 Å². The van der Waals surface area contributed by atoms with Gasteiger partial charge in [-0.2, -0.15) is 0 Å². The third kappa shape index (κ3) is 4.29. The fourth-order valence-corrected chi connectivity index (χ4v) is 3.03. The lowest BCUT2D eigenvalue weighted by Gasteiger charge is -2.21. The van der Waals surface area contributed by atoms with E-state index >= 15 is 0 Å². The fraction of sp³-hybridized carbons (Fsp3) is 0.706. The van der Waals surface area contributed by atoms with Crippen molar-refractivity contribution < 1.29 is 0 Å². The predicted octanol–water partition coefficient (Wildman–Crippen LogP) is 2.33. The maximum absolute atomic E-state index is 4.06. The summed E-state index contributed by atoms with van der Waals surface area (Å²) in [7, 11) is 2.23. The Morgan fingerprint density at radius 3 is 2.40 bits per heavy atom. The standard InChI is InChI=1S/C17H27N3/c1-20(12-8-14-6-9-18-10-7-14)13-11-19-17(15-2-3-15)16-4-5-16/h6-7,9-10,15-17,19H,2-5,8,11-13H2,1H3. The van der Waals surface area contributed by atoms with E-state index in [1.54, 1.807) is 0 Å². The average molecular weight is 273 g/mol. The summed E-state index contributed by atoms with van der Waals surface area (Å²) in [6.45, 7) is 3.43. The van der Waals surface area contributed by atoms with Gasteiger partial charge in [0.1, 0.15) is 0 Å². The Balaban J connectivity index is 1.31. The highest BCUT2D eigenvalue weighted by Crippen LogP contribution is 2.44. The Hall–Kier alpha value is -0.930. The molecule has 1 aromatic heterocycles. The normalized spacial score (nSPS) is 18.9. The van der Waals surface area contributed by atoms with Crippen molar-refractivity contribution in [3.05, 3.63) is 30.1 Å². The van der Waals surface area contributed by atoms with E-state index in [9.17, 15) is 0 Å². The molecule has 110 valence electrons. The van der Waals surface area contributed by atoms with Crippen LogP contribution in [0.1, 0.15) is 31.2 Å². The molecule has 0 bridgehead atoms. The van der Waals surface area contributed by atoms with Gasteiger partial charge >= 0.3 is 0 Å². The van der Waals surface area contributed by atoms with Crippen molar-refractivity contribution in [2.24, 2.45) is 11.8 Å². The molecule has 0 aliphatic heterocycles. The first-order chi connectivity index (χ1) is 9.83. The number of hydrogen-bond acceptors (Lipinski definition) is 3. The molecule has 1 N–H and O–H groups in total. The van der Waals surface area contributed by atoms with Gasteiger partial charge in [0.2, 0.25) is 0 Å². The van der Waals surface area contributed by atoms with E-state index in [2.05, 4.69) is 34.4 Å². The highest BCUT2D eigenvalue weighted by atomic mass is 15.1. The molecule has 3 rings (SSSR count). The van der Waals surface area contributed by atoms with Crippen LogP contribution in [0.15, 0.2) is 24.5 Å². The zero-order valence-electron chi connectivity index (χ0n) is 12.6. The molecule has 2 saturated carbocycles. The Bertz CT molecular complexity index is 386. The largest absolute Gasteiger partial charge is 0.312 e. The van der Waals surface area contributed by atoms with E-state index in [0.717, 1.165) is 43.9 Å². The van der Waals surface area contributed by atoms with Crippen molar-refractivity contribution in [1.82, 2.24) is 15.2 Å². The molecule has 1 heterocycles. The first kappa shape index (κ1) is 14.0. The molecule has 1 aromatic rings. The molecular weight excluding hydrogens is 246 g/mol. The van der Waals surface area contributed by atoms with E-state index in [0.29, 0.717) is 0 Å². The minimum absolute atomic E-state index is 0.837. The van der Waals surface area contributed by atoms with Crippen molar-refractivity contribution in [2.75, 3.05) is 26.7 Å². The minimum atomic E-state index is 0.837. The van der Waals surface area contributed by atoms with Gasteiger partial charge in [0, 0.05) is 38.1 Å². The van der Waals surface area contributed by atoms with Gasteiger partial charge in [-0.25, -0.2) is 0 Å². The summed E-state index contributed by atoms with van der Waals surface area (Å²) in [4.78, 5) is 6.50. The lowest BCUT2D eigenvalue weighted by Crippen LogP contribution is -2.38. The summed E-state index contributed by atoms with van der Waals surface area (Å²) in [5, 5.41) is 3.82. The van der Waals surface area contributed by atoms with E-state index < -0.39 is 0 Å². The third-order valence-corrected chi connectivity index (χ3v) is 4.66. The van der Waals surface area contributed by atoms with Crippen LogP contribution in [0, 0.1) is 11.8 Å². The van der Waals surface area contributed by atoms with Crippen LogP contribution in [0.3, 0.4) is 0 Å². The Labute approximate surface area is 122 Å². The maximum atomic E-state index is 4.06. The number of hydrogen-bond donors (Lipinski definition) is 1. The highest BCUT2D eigenvalue weighted by molar-refractivity contribution is 5.09. The van der Waals surface area contributed by atoms with Gasteiger partial charge in [-0.05, 0) is 68.7 Å². The SMILES string of the molecule is CN(CCNC(C1CC1)C1CC1)CCc1ccncc1. The number of rotatable bonds is 9. The van der Waals surface area contributed by atoms with Crippen LogP contribution in [0.5, 0.6) is 0 Å². The zero-order chi connectivity index (χ0) is 13.8. The van der Waals surface area contributed by atoms with Crippen LogP contribution in [0.25, 0.3) is 0 Å². The second kappa shape index (κ2) is 6.68. The van der Waals surface area contributed by atoms with Gasteiger partial charge in [0.05, 0.1) is 0 Å². The second-order valence-corrected chi connectivity index (χ2v) is 6.56. The van der Waals surface area contributed by atoms with E-state index in [1.807, 2.05) is 12.4 Å². The molecular formula is C17H27N3. The van der Waals surface area contributed by atoms with Gasteiger partial charge in [-0.3, -0.25) is 4.98 Å². The summed E-state index contributed by atoms with van der Waals surface area (Å²) in [5.41, 5.74) is 1.38. The Morgan fingerprint density at radius 2 is 1.80 bits per heavy atom. The first-order valence-electron chi connectivity index (χ1n) is 8.14. The Morgan fingerprint density at radius 1 is 1.15 bits per heavy atom. The van der Waals surface area contributed by atoms with Crippen molar-refractivity contribution in [3.63, 3.8) is 0 Å². The monoisotopic (exact) mass is 273 g/mol. The number of aromatic nitrogens is 1. The zero-order valence-corrected chi connectivity index (χ0v) is 12.6. The molecule has 20 heavy (non-hydrogen) atoms. The van der Waals surface area contributed by atoms with Crippen LogP contribution in [0.2, 0.25) is 0 Å². The van der Waals surface area contributed by atoms with Gasteiger partial charge in [0.25, 0.3) is 0 Å². The molecule has 0 atom stereocenters. The smallest absolute Gasteiger partial charge is 0.0270 e. The topological polar surface area (TPSA) is 28.2 Å². The van der Waals surface area contributed by atoms with Crippen molar-refractivity contribution >= 4 is 0 Å². The number of nitrogens with one attached hydrogen (secondary N) is 1. The van der Waals surface area contributed by atoms with Crippen molar-refractivity contribution in [2.45, 2.75) is 38.1 Å². The first-order valence-corrected chi connectivity index (χ1v) is 8.14. The summed E-state index contributed by atoms with van der Waals surface area (Å²) >= 11 is 0. The summed E-state index contributed by atoms with van der Waals surface area (Å²) in [6.07, 6.45) is 10.7. The summed E-state index contributed by atoms with van der Waals surface area (Å²) < 4.78 is 0. The lowest BCUT2D eigenvalue weighted by molar-refractivity contribution is 0.314. The molecule has 0 amide bonds. The minimum Gasteiger partial charge on any atom is -0.312 e. The van der Waals surface area contributed by atoms with Crippen LogP contribution in [0.4, 0.5) is 0 Å². The van der Waals surface area contributed by atoms with E-state index in [4.69, 9.17) is 0 Å². The summed E-state index contributed by atoms with van der Waals surface area (Å²) in [6, 6.07) is 5.06. The van der Waals surface area contributed by atoms with Crippen LogP contribution in [-0.4, -0.2) is 42.6 Å².